The molecule has 0 spiro atoms. The van der Waals surface area contributed by atoms with Gasteiger partial charge in [0.15, 0.2) is 0 Å². The summed E-state index contributed by atoms with van der Waals surface area (Å²) in [7, 11) is 0. The molecule has 1 amide bonds. The van der Waals surface area contributed by atoms with Crippen LogP contribution in [0.5, 0.6) is 5.75 Å². The Balaban J connectivity index is 1.90. The molecule has 0 aliphatic carbocycles. The molecule has 1 aromatic heterocycles. The van der Waals surface area contributed by atoms with E-state index in [-0.39, 0.29) is 11.7 Å². The minimum atomic E-state index is -0.227. The Morgan fingerprint density at radius 3 is 3.00 bits per heavy atom. The summed E-state index contributed by atoms with van der Waals surface area (Å²) in [6, 6.07) is 10.4. The number of anilines is 1. The van der Waals surface area contributed by atoms with Crippen molar-refractivity contribution in [2.45, 2.75) is 6.92 Å². The Bertz CT molecular complexity index is 793. The molecular formula is C15H13N3O2. The minimum absolute atomic E-state index is 0.159. The van der Waals surface area contributed by atoms with E-state index in [0.717, 1.165) is 10.9 Å². The molecule has 2 aromatic carbocycles. The number of benzene rings is 2. The summed E-state index contributed by atoms with van der Waals surface area (Å²) in [6.07, 6.45) is 1.70. The van der Waals surface area contributed by atoms with Crippen molar-refractivity contribution in [1.29, 1.82) is 0 Å². The summed E-state index contributed by atoms with van der Waals surface area (Å²) < 4.78 is 0. The van der Waals surface area contributed by atoms with Crippen LogP contribution in [0, 0.1) is 6.92 Å². The Labute approximate surface area is 115 Å². The van der Waals surface area contributed by atoms with Gasteiger partial charge in [-0.05, 0) is 31.2 Å². The van der Waals surface area contributed by atoms with E-state index in [1.807, 2.05) is 6.07 Å². The molecule has 20 heavy (non-hydrogen) atoms. The monoisotopic (exact) mass is 267 g/mol. The van der Waals surface area contributed by atoms with Crippen molar-refractivity contribution < 1.29 is 9.90 Å². The number of hydrogen-bond acceptors (Lipinski definition) is 3. The number of nitrogens with zero attached hydrogens (tertiary/aromatic N) is 1. The number of aromatic hydroxyl groups is 1. The SMILES string of the molecule is Cc1c(O)cccc1NC(=O)c1ccc2cn[nH]c2c1. The Kier molecular flexibility index (Phi) is 2.87. The molecule has 0 atom stereocenters. The summed E-state index contributed by atoms with van der Waals surface area (Å²) in [5.41, 5.74) is 2.58. The smallest absolute Gasteiger partial charge is 0.255 e. The topological polar surface area (TPSA) is 78.0 Å². The van der Waals surface area contributed by atoms with Crippen molar-refractivity contribution in [1.82, 2.24) is 10.2 Å². The van der Waals surface area contributed by atoms with Crippen LogP contribution in [0.4, 0.5) is 5.69 Å². The molecular weight excluding hydrogens is 254 g/mol. The molecule has 0 bridgehead atoms. The summed E-state index contributed by atoms with van der Waals surface area (Å²) in [5, 5.41) is 20.1. The van der Waals surface area contributed by atoms with Gasteiger partial charge in [0.05, 0.1) is 11.7 Å². The molecule has 0 aliphatic heterocycles. The zero-order valence-corrected chi connectivity index (χ0v) is 10.8. The van der Waals surface area contributed by atoms with E-state index in [9.17, 15) is 9.90 Å². The second kappa shape index (κ2) is 4.70. The highest BCUT2D eigenvalue weighted by Gasteiger charge is 2.10. The number of rotatable bonds is 2. The van der Waals surface area contributed by atoms with Gasteiger partial charge in [0.25, 0.3) is 5.91 Å². The van der Waals surface area contributed by atoms with Crippen LogP contribution in [0.1, 0.15) is 15.9 Å². The fourth-order valence-corrected chi connectivity index (χ4v) is 2.03. The predicted octanol–water partition coefficient (Wildman–Crippen LogP) is 2.83. The molecule has 0 saturated carbocycles. The van der Waals surface area contributed by atoms with Crippen molar-refractivity contribution in [3.05, 3.63) is 53.7 Å². The Morgan fingerprint density at radius 2 is 2.15 bits per heavy atom. The fourth-order valence-electron chi connectivity index (χ4n) is 2.03. The molecule has 3 aromatic rings. The van der Waals surface area contributed by atoms with Gasteiger partial charge < -0.3 is 10.4 Å². The van der Waals surface area contributed by atoms with E-state index >= 15 is 0 Å². The predicted molar refractivity (Wildman–Crippen MR) is 76.9 cm³/mol. The lowest BCUT2D eigenvalue weighted by atomic mass is 10.1. The zero-order chi connectivity index (χ0) is 14.1. The van der Waals surface area contributed by atoms with E-state index < -0.39 is 0 Å². The summed E-state index contributed by atoms with van der Waals surface area (Å²) in [5.74, 6) is -0.0676. The van der Waals surface area contributed by atoms with Gasteiger partial charge >= 0.3 is 0 Å². The maximum Gasteiger partial charge on any atom is 0.255 e. The van der Waals surface area contributed by atoms with E-state index in [1.165, 1.54) is 0 Å². The number of carbonyl (C=O) groups is 1. The van der Waals surface area contributed by atoms with Crippen molar-refractivity contribution >= 4 is 22.5 Å². The molecule has 0 unspecified atom stereocenters. The van der Waals surface area contributed by atoms with Crippen LogP contribution in [0.2, 0.25) is 0 Å². The highest BCUT2D eigenvalue weighted by Crippen LogP contribution is 2.24. The molecule has 0 saturated heterocycles. The van der Waals surface area contributed by atoms with Crippen molar-refractivity contribution in [3.63, 3.8) is 0 Å². The van der Waals surface area contributed by atoms with Gasteiger partial charge in [-0.15, -0.1) is 0 Å². The van der Waals surface area contributed by atoms with Crippen LogP contribution in [0.3, 0.4) is 0 Å². The zero-order valence-electron chi connectivity index (χ0n) is 10.8. The third kappa shape index (κ3) is 2.09. The first-order valence-corrected chi connectivity index (χ1v) is 6.18. The van der Waals surface area contributed by atoms with Crippen LogP contribution < -0.4 is 5.32 Å². The Hall–Kier alpha value is -2.82. The van der Waals surface area contributed by atoms with Crippen LogP contribution in [-0.2, 0) is 0 Å². The third-order valence-corrected chi connectivity index (χ3v) is 3.26. The van der Waals surface area contributed by atoms with E-state index in [0.29, 0.717) is 16.8 Å². The Morgan fingerprint density at radius 1 is 1.30 bits per heavy atom. The first-order valence-electron chi connectivity index (χ1n) is 6.18. The highest BCUT2D eigenvalue weighted by atomic mass is 16.3. The molecule has 1 heterocycles. The average Bonchev–Trinajstić information content (AvgIpc) is 2.91. The quantitative estimate of drug-likeness (QED) is 0.668. The fraction of sp³-hybridized carbons (Fsp3) is 0.0667. The van der Waals surface area contributed by atoms with Gasteiger partial charge in [0.1, 0.15) is 5.75 Å². The molecule has 0 radical (unpaired) electrons. The number of aromatic amines is 1. The summed E-state index contributed by atoms with van der Waals surface area (Å²) >= 11 is 0. The number of nitrogens with one attached hydrogen (secondary N) is 2. The molecule has 3 rings (SSSR count). The molecule has 5 heteroatoms. The van der Waals surface area contributed by atoms with Crippen molar-refractivity contribution in [3.8, 4) is 5.75 Å². The number of aromatic nitrogens is 2. The number of phenols is 1. The standard InChI is InChI=1S/C15H13N3O2/c1-9-12(3-2-4-14(9)19)17-15(20)10-5-6-11-8-16-18-13(11)7-10/h2-8,19H,1H3,(H,16,18)(H,17,20). The number of amides is 1. The maximum atomic E-state index is 12.2. The van der Waals surface area contributed by atoms with Crippen molar-refractivity contribution in [2.75, 3.05) is 5.32 Å². The first kappa shape index (κ1) is 12.2. The maximum absolute atomic E-state index is 12.2. The highest BCUT2D eigenvalue weighted by molar-refractivity contribution is 6.06. The summed E-state index contributed by atoms with van der Waals surface area (Å²) in [4.78, 5) is 12.2. The normalized spacial score (nSPS) is 10.7. The van der Waals surface area contributed by atoms with E-state index in [2.05, 4.69) is 15.5 Å². The molecule has 5 nitrogen and oxygen atoms in total. The number of hydrogen-bond donors (Lipinski definition) is 3. The van der Waals surface area contributed by atoms with Gasteiger partial charge in [-0.3, -0.25) is 9.89 Å². The lowest BCUT2D eigenvalue weighted by molar-refractivity contribution is 0.102. The number of fused-ring (bicyclic) bond motifs is 1. The molecule has 100 valence electrons. The van der Waals surface area contributed by atoms with Crippen LogP contribution in [0.15, 0.2) is 42.6 Å². The molecule has 0 aliphatic rings. The number of carbonyl (C=O) groups excluding carboxylic acids is 1. The van der Waals surface area contributed by atoms with E-state index in [4.69, 9.17) is 0 Å². The second-order valence-electron chi connectivity index (χ2n) is 4.58. The average molecular weight is 267 g/mol. The third-order valence-electron chi connectivity index (χ3n) is 3.26. The van der Waals surface area contributed by atoms with E-state index in [1.54, 1.807) is 43.5 Å². The largest absolute Gasteiger partial charge is 0.508 e. The van der Waals surface area contributed by atoms with Gasteiger partial charge in [-0.1, -0.05) is 12.1 Å². The first-order chi connectivity index (χ1) is 9.65. The van der Waals surface area contributed by atoms with Gasteiger partial charge in [0, 0.05) is 22.2 Å². The number of phenolic OH excluding ortho intramolecular Hbond substituents is 1. The lowest BCUT2D eigenvalue weighted by Crippen LogP contribution is -2.12. The number of H-pyrrole nitrogens is 1. The molecule has 3 N–H and O–H groups in total. The molecule has 0 fully saturated rings. The minimum Gasteiger partial charge on any atom is -0.508 e. The summed E-state index contributed by atoms with van der Waals surface area (Å²) in [6.45, 7) is 1.75. The lowest BCUT2D eigenvalue weighted by Gasteiger charge is -2.09. The van der Waals surface area contributed by atoms with Crippen LogP contribution >= 0.6 is 0 Å². The van der Waals surface area contributed by atoms with Crippen LogP contribution in [0.25, 0.3) is 10.9 Å². The van der Waals surface area contributed by atoms with Crippen LogP contribution in [-0.4, -0.2) is 21.2 Å². The van der Waals surface area contributed by atoms with Gasteiger partial charge in [-0.2, -0.15) is 5.10 Å². The van der Waals surface area contributed by atoms with Gasteiger partial charge in [-0.25, -0.2) is 0 Å². The van der Waals surface area contributed by atoms with Crippen molar-refractivity contribution in [2.24, 2.45) is 0 Å². The van der Waals surface area contributed by atoms with Gasteiger partial charge in [0.2, 0.25) is 0 Å². The second-order valence-corrected chi connectivity index (χ2v) is 4.58.